The van der Waals surface area contributed by atoms with Crippen molar-refractivity contribution in [3.63, 3.8) is 0 Å². The number of hydrogen-bond acceptors (Lipinski definition) is 7. The summed E-state index contributed by atoms with van der Waals surface area (Å²) in [6, 6.07) is 4.26. The van der Waals surface area contributed by atoms with E-state index >= 15 is 0 Å². The van der Waals surface area contributed by atoms with E-state index in [0.29, 0.717) is 15.9 Å². The molecule has 0 radical (unpaired) electrons. The van der Waals surface area contributed by atoms with Gasteiger partial charge in [-0.05, 0) is 35.0 Å². The fourth-order valence-electron chi connectivity index (χ4n) is 1.41. The van der Waals surface area contributed by atoms with Gasteiger partial charge in [0.25, 0.3) is 5.06 Å². The average Bonchev–Trinajstić information content (AvgIpc) is 2.76. The Bertz CT molecular complexity index is 816. The predicted octanol–water partition coefficient (Wildman–Crippen LogP) is 3.32. The Morgan fingerprint density at radius 1 is 1.43 bits per heavy atom. The highest BCUT2D eigenvalue weighted by atomic mass is 79.9. The molecule has 2 aromatic rings. The van der Waals surface area contributed by atoms with Crippen molar-refractivity contribution in [2.24, 2.45) is 0 Å². The van der Waals surface area contributed by atoms with Gasteiger partial charge < -0.3 is 4.74 Å². The first-order chi connectivity index (χ1) is 9.68. The van der Waals surface area contributed by atoms with Crippen molar-refractivity contribution in [3.8, 4) is 10.8 Å². The number of ether oxygens (including phenoxy) is 1. The largest absolute Gasteiger partial charge is 0.437 e. The van der Waals surface area contributed by atoms with E-state index in [1.54, 1.807) is 19.1 Å². The van der Waals surface area contributed by atoms with Crippen LogP contribution >= 0.6 is 27.3 Å². The minimum Gasteiger partial charge on any atom is -0.437 e. The van der Waals surface area contributed by atoms with Crippen LogP contribution < -0.4 is 4.74 Å². The molecule has 0 saturated carbocycles. The summed E-state index contributed by atoms with van der Waals surface area (Å²) in [5, 5.41) is 10.9. The monoisotopic (exact) mass is 392 g/mol. The summed E-state index contributed by atoms with van der Waals surface area (Å²) < 4.78 is 28.7. The van der Waals surface area contributed by atoms with Gasteiger partial charge in [-0.25, -0.2) is 13.4 Å². The Hall–Kier alpha value is -1.52. The minimum atomic E-state index is -3.54. The van der Waals surface area contributed by atoms with Gasteiger partial charge in [0, 0.05) is 18.0 Å². The molecule has 21 heavy (non-hydrogen) atoms. The zero-order chi connectivity index (χ0) is 15.8. The summed E-state index contributed by atoms with van der Waals surface area (Å²) >= 11 is 3.89. The van der Waals surface area contributed by atoms with Crippen LogP contribution in [-0.2, 0) is 9.84 Å². The van der Waals surface area contributed by atoms with Gasteiger partial charge in [0.05, 0.1) is 4.92 Å². The van der Waals surface area contributed by atoms with Gasteiger partial charge in [0.15, 0.2) is 15.6 Å². The van der Waals surface area contributed by atoms with Crippen LogP contribution in [0.5, 0.6) is 10.8 Å². The predicted molar refractivity (Wildman–Crippen MR) is 80.8 cm³/mol. The topological polar surface area (TPSA) is 99.4 Å². The van der Waals surface area contributed by atoms with E-state index in [2.05, 4.69) is 20.9 Å². The maximum absolute atomic E-state index is 11.5. The molecule has 0 unspecified atom stereocenters. The number of thiophene rings is 1. The maximum Gasteiger partial charge on any atom is 0.324 e. The van der Waals surface area contributed by atoms with Gasteiger partial charge in [-0.2, -0.15) is 0 Å². The van der Waals surface area contributed by atoms with Crippen molar-refractivity contribution in [2.75, 3.05) is 6.26 Å². The van der Waals surface area contributed by atoms with Crippen LogP contribution in [0.15, 0.2) is 27.0 Å². The van der Waals surface area contributed by atoms with E-state index in [1.165, 1.54) is 0 Å². The van der Waals surface area contributed by atoms with Crippen molar-refractivity contribution in [3.05, 3.63) is 38.6 Å². The molecule has 0 amide bonds. The molecule has 7 nitrogen and oxygen atoms in total. The summed E-state index contributed by atoms with van der Waals surface area (Å²) in [7, 11) is -3.54. The zero-order valence-electron chi connectivity index (χ0n) is 10.9. The number of aromatic nitrogens is 1. The van der Waals surface area contributed by atoms with Gasteiger partial charge in [-0.3, -0.25) is 10.1 Å². The van der Waals surface area contributed by atoms with Crippen LogP contribution in [0.4, 0.5) is 5.69 Å². The molecule has 0 bridgehead atoms. The van der Waals surface area contributed by atoms with Gasteiger partial charge >= 0.3 is 5.69 Å². The summed E-state index contributed by atoms with van der Waals surface area (Å²) in [6.07, 6.45) is 0.982. The average molecular weight is 393 g/mol. The molecular formula is C11H9BrN2O5S2. The van der Waals surface area contributed by atoms with Crippen LogP contribution in [0, 0.1) is 17.0 Å². The Balaban J connectivity index is 2.48. The van der Waals surface area contributed by atoms with Crippen LogP contribution in [-0.4, -0.2) is 24.6 Å². The van der Waals surface area contributed by atoms with Crippen LogP contribution in [0.1, 0.15) is 5.69 Å². The van der Waals surface area contributed by atoms with Gasteiger partial charge in [-0.1, -0.05) is 11.3 Å². The molecule has 0 atom stereocenters. The van der Waals surface area contributed by atoms with Crippen molar-refractivity contribution in [1.82, 2.24) is 4.98 Å². The number of nitro groups is 1. The molecule has 112 valence electrons. The summed E-state index contributed by atoms with van der Waals surface area (Å²) in [5.74, 6) is 0.269. The van der Waals surface area contributed by atoms with E-state index in [1.807, 2.05) is 0 Å². The van der Waals surface area contributed by atoms with E-state index in [4.69, 9.17) is 4.74 Å². The Morgan fingerprint density at radius 3 is 2.62 bits per heavy atom. The fourth-order valence-corrected chi connectivity index (χ4v) is 3.79. The molecule has 0 aliphatic rings. The number of hydrogen-bond donors (Lipinski definition) is 0. The minimum absolute atomic E-state index is 0.105. The smallest absolute Gasteiger partial charge is 0.324 e. The molecule has 0 aromatic carbocycles. The number of pyridine rings is 1. The zero-order valence-corrected chi connectivity index (χ0v) is 14.1. The lowest BCUT2D eigenvalue weighted by molar-refractivity contribution is -0.385. The third kappa shape index (κ3) is 3.57. The van der Waals surface area contributed by atoms with Gasteiger partial charge in [-0.15, -0.1) is 0 Å². The molecule has 0 fully saturated rings. The first-order valence-electron chi connectivity index (χ1n) is 5.48. The molecule has 0 spiro atoms. The second-order valence-electron chi connectivity index (χ2n) is 4.11. The molecule has 0 N–H and O–H groups in total. The molecule has 0 saturated heterocycles. The Labute approximate surface area is 132 Å². The Kier molecular flexibility index (Phi) is 4.30. The first-order valence-corrected chi connectivity index (χ1v) is 8.98. The highest BCUT2D eigenvalue weighted by Gasteiger charge is 2.26. The van der Waals surface area contributed by atoms with Crippen LogP contribution in [0.25, 0.3) is 0 Å². The second kappa shape index (κ2) is 5.70. The number of nitrogens with zero attached hydrogens (tertiary/aromatic N) is 2. The lowest BCUT2D eigenvalue weighted by Crippen LogP contribution is -1.93. The van der Waals surface area contributed by atoms with Crippen LogP contribution in [0.2, 0.25) is 0 Å². The molecule has 10 heteroatoms. The normalized spacial score (nSPS) is 11.4. The summed E-state index contributed by atoms with van der Waals surface area (Å²) in [6.45, 7) is 1.78. The summed E-state index contributed by atoms with van der Waals surface area (Å²) in [5.41, 5.74) is 0.347. The van der Waals surface area contributed by atoms with E-state index in [0.717, 1.165) is 18.0 Å². The van der Waals surface area contributed by atoms with Crippen molar-refractivity contribution >= 4 is 42.8 Å². The molecule has 0 aliphatic heterocycles. The van der Waals surface area contributed by atoms with E-state index in [9.17, 15) is 18.5 Å². The number of sulfone groups is 1. The highest BCUT2D eigenvalue weighted by molar-refractivity contribution is 9.10. The lowest BCUT2D eigenvalue weighted by atomic mass is 10.4. The second-order valence-corrected chi connectivity index (χ2v) is 8.12. The van der Waals surface area contributed by atoms with Crippen LogP contribution in [0.3, 0.4) is 0 Å². The fraction of sp³-hybridized carbons (Fsp3) is 0.182. The number of aryl methyl sites for hydroxylation is 1. The first kappa shape index (κ1) is 15.9. The van der Waals surface area contributed by atoms with E-state index in [-0.39, 0.29) is 15.0 Å². The molecule has 2 aromatic heterocycles. The van der Waals surface area contributed by atoms with Gasteiger partial charge in [0.2, 0.25) is 0 Å². The molecule has 0 aliphatic carbocycles. The van der Waals surface area contributed by atoms with Crippen molar-refractivity contribution in [1.29, 1.82) is 0 Å². The standard InChI is InChI=1S/C11H9BrN2O5S2/c1-6-3-4-8(10(12)13-6)19-11-7(14(15)16)5-9(20-11)21(2,17)18/h3-5H,1-2H3. The number of halogens is 1. The molecule has 2 rings (SSSR count). The quantitative estimate of drug-likeness (QED) is 0.449. The summed E-state index contributed by atoms with van der Waals surface area (Å²) in [4.78, 5) is 14.4. The Morgan fingerprint density at radius 2 is 2.10 bits per heavy atom. The molecular weight excluding hydrogens is 384 g/mol. The van der Waals surface area contributed by atoms with Gasteiger partial charge in [0.1, 0.15) is 8.81 Å². The lowest BCUT2D eigenvalue weighted by Gasteiger charge is -2.05. The van der Waals surface area contributed by atoms with E-state index < -0.39 is 20.4 Å². The van der Waals surface area contributed by atoms with Crippen molar-refractivity contribution in [2.45, 2.75) is 11.1 Å². The third-order valence-corrected chi connectivity index (χ3v) is 5.75. The third-order valence-electron chi connectivity index (χ3n) is 2.38. The number of rotatable bonds is 4. The SMILES string of the molecule is Cc1ccc(Oc2sc(S(C)(=O)=O)cc2[N+](=O)[O-])c(Br)n1. The van der Waals surface area contributed by atoms with Crippen molar-refractivity contribution < 1.29 is 18.1 Å². The highest BCUT2D eigenvalue weighted by Crippen LogP contribution is 2.42. The maximum atomic E-state index is 11.5. The molecule has 2 heterocycles.